The number of alkyl carbamates (subject to hydrolysis) is 1. The molecular weight excluding hydrogens is 367 g/mol. The zero-order chi connectivity index (χ0) is 21.3. The van der Waals surface area contributed by atoms with Crippen molar-refractivity contribution in [1.82, 2.24) is 10.2 Å². The molecule has 0 aliphatic carbocycles. The molecule has 0 aliphatic heterocycles. The summed E-state index contributed by atoms with van der Waals surface area (Å²) in [6, 6.07) is 4.74. The molecular formula is C20H29FN2O5. The predicted molar refractivity (Wildman–Crippen MR) is 102 cm³/mol. The number of rotatable bonds is 8. The van der Waals surface area contributed by atoms with Gasteiger partial charge in [0.2, 0.25) is 5.91 Å². The third-order valence-corrected chi connectivity index (χ3v) is 3.62. The molecule has 0 heterocycles. The van der Waals surface area contributed by atoms with E-state index in [2.05, 4.69) is 5.32 Å². The summed E-state index contributed by atoms with van der Waals surface area (Å²) in [5.74, 6) is -1.42. The van der Waals surface area contributed by atoms with Crippen molar-refractivity contribution in [1.29, 1.82) is 0 Å². The third kappa shape index (κ3) is 8.37. The second-order valence-electron chi connectivity index (χ2n) is 7.23. The van der Waals surface area contributed by atoms with Crippen LogP contribution in [-0.4, -0.2) is 47.7 Å². The van der Waals surface area contributed by atoms with E-state index in [9.17, 15) is 18.8 Å². The van der Waals surface area contributed by atoms with Crippen LogP contribution in [0.3, 0.4) is 0 Å². The first-order valence-corrected chi connectivity index (χ1v) is 9.24. The summed E-state index contributed by atoms with van der Waals surface area (Å²) in [4.78, 5) is 38.2. The Balaban J connectivity index is 2.94. The first-order chi connectivity index (χ1) is 13.1. The molecule has 1 aromatic rings. The van der Waals surface area contributed by atoms with Crippen molar-refractivity contribution in [2.24, 2.45) is 0 Å². The molecule has 0 saturated heterocycles. The van der Waals surface area contributed by atoms with Crippen LogP contribution in [-0.2, 0) is 25.6 Å². The Hall–Kier alpha value is -2.64. The smallest absolute Gasteiger partial charge is 0.408 e. The third-order valence-electron chi connectivity index (χ3n) is 3.62. The minimum absolute atomic E-state index is 0.0738. The molecule has 7 nitrogen and oxygen atoms in total. The predicted octanol–water partition coefficient (Wildman–Crippen LogP) is 3.02. The molecule has 0 radical (unpaired) electrons. The number of carbonyl (C=O) groups is 3. The van der Waals surface area contributed by atoms with E-state index in [0.717, 1.165) is 0 Å². The van der Waals surface area contributed by atoms with E-state index in [0.29, 0.717) is 12.0 Å². The molecule has 0 unspecified atom stereocenters. The maximum Gasteiger partial charge on any atom is 0.408 e. The first-order valence-electron chi connectivity index (χ1n) is 9.24. The highest BCUT2D eigenvalue weighted by Gasteiger charge is 2.28. The molecule has 8 heteroatoms. The lowest BCUT2D eigenvalue weighted by Crippen LogP contribution is -2.50. The highest BCUT2D eigenvalue weighted by Crippen LogP contribution is 2.11. The van der Waals surface area contributed by atoms with E-state index in [-0.39, 0.29) is 19.7 Å². The van der Waals surface area contributed by atoms with E-state index < -0.39 is 35.4 Å². The largest absolute Gasteiger partial charge is 0.465 e. The second kappa shape index (κ2) is 10.6. The number of nitrogens with zero attached hydrogens (tertiary/aromatic N) is 1. The molecule has 1 rings (SSSR count). The number of benzene rings is 1. The molecule has 1 atom stereocenters. The topological polar surface area (TPSA) is 84.9 Å². The van der Waals surface area contributed by atoms with Gasteiger partial charge >= 0.3 is 12.1 Å². The van der Waals surface area contributed by atoms with E-state index in [1.807, 2.05) is 0 Å². The molecule has 0 fully saturated rings. The number of hydrogen-bond donors (Lipinski definition) is 1. The average molecular weight is 396 g/mol. The molecule has 28 heavy (non-hydrogen) atoms. The Labute approximate surface area is 165 Å². The van der Waals surface area contributed by atoms with E-state index in [4.69, 9.17) is 9.47 Å². The van der Waals surface area contributed by atoms with Crippen molar-refractivity contribution < 1.29 is 28.2 Å². The van der Waals surface area contributed by atoms with Crippen molar-refractivity contribution >= 4 is 18.0 Å². The van der Waals surface area contributed by atoms with Gasteiger partial charge < -0.3 is 19.7 Å². The van der Waals surface area contributed by atoms with E-state index in [1.165, 1.54) is 29.2 Å². The summed E-state index contributed by atoms with van der Waals surface area (Å²) in [7, 11) is 0. The van der Waals surface area contributed by atoms with Crippen LogP contribution < -0.4 is 5.32 Å². The van der Waals surface area contributed by atoms with Crippen molar-refractivity contribution in [3.05, 3.63) is 35.6 Å². The number of carbonyl (C=O) groups excluding carboxylic acids is 3. The number of nitrogens with one attached hydrogen (secondary N) is 1. The minimum atomic E-state index is -0.871. The van der Waals surface area contributed by atoms with E-state index in [1.54, 1.807) is 34.6 Å². The highest BCUT2D eigenvalue weighted by molar-refractivity contribution is 5.88. The van der Waals surface area contributed by atoms with Gasteiger partial charge in [-0.2, -0.15) is 0 Å². The van der Waals surface area contributed by atoms with E-state index >= 15 is 0 Å². The van der Waals surface area contributed by atoms with Crippen LogP contribution in [0, 0.1) is 5.82 Å². The van der Waals surface area contributed by atoms with Crippen LogP contribution >= 0.6 is 0 Å². The van der Waals surface area contributed by atoms with Crippen LogP contribution in [0.1, 0.15) is 46.6 Å². The van der Waals surface area contributed by atoms with Gasteiger partial charge in [0.1, 0.15) is 24.0 Å². The number of esters is 1. The van der Waals surface area contributed by atoms with Crippen molar-refractivity contribution in [2.45, 2.75) is 59.2 Å². The second-order valence-corrected chi connectivity index (χ2v) is 7.23. The number of ether oxygens (including phenoxy) is 2. The summed E-state index contributed by atoms with van der Waals surface area (Å²) >= 11 is 0. The lowest BCUT2D eigenvalue weighted by molar-refractivity contribution is -0.150. The van der Waals surface area contributed by atoms with Gasteiger partial charge in [-0.15, -0.1) is 0 Å². The van der Waals surface area contributed by atoms with Gasteiger partial charge in [-0.1, -0.05) is 19.1 Å². The van der Waals surface area contributed by atoms with Crippen LogP contribution in [0.25, 0.3) is 0 Å². The molecule has 0 bridgehead atoms. The summed E-state index contributed by atoms with van der Waals surface area (Å²) < 4.78 is 23.3. The molecule has 0 saturated carbocycles. The Kier molecular flexibility index (Phi) is 8.88. The fourth-order valence-electron chi connectivity index (χ4n) is 2.39. The Morgan fingerprint density at radius 3 is 2.25 bits per heavy atom. The number of hydrogen-bond acceptors (Lipinski definition) is 5. The van der Waals surface area contributed by atoms with Gasteiger partial charge in [-0.3, -0.25) is 9.59 Å². The van der Waals surface area contributed by atoms with Crippen molar-refractivity contribution in [3.8, 4) is 0 Å². The maximum absolute atomic E-state index is 13.1. The maximum atomic E-state index is 13.1. The van der Waals surface area contributed by atoms with Crippen molar-refractivity contribution in [3.63, 3.8) is 0 Å². The molecule has 2 amide bonds. The van der Waals surface area contributed by atoms with Gasteiger partial charge in [0.25, 0.3) is 0 Å². The molecule has 0 spiro atoms. The SMILES string of the molecule is CCOC(=O)CN(Cc1ccc(F)cc1)C(=O)[C@@H](CC)NC(=O)OC(C)(C)C. The van der Waals surface area contributed by atoms with Gasteiger partial charge in [-0.05, 0) is 51.8 Å². The van der Waals surface area contributed by atoms with Crippen molar-refractivity contribution in [2.75, 3.05) is 13.2 Å². The average Bonchev–Trinajstić information content (AvgIpc) is 2.59. The van der Waals surface area contributed by atoms with Crippen LogP contribution in [0.4, 0.5) is 9.18 Å². The number of halogens is 1. The van der Waals surface area contributed by atoms with Gasteiger partial charge in [0.05, 0.1) is 6.61 Å². The summed E-state index contributed by atoms with van der Waals surface area (Å²) in [5, 5.41) is 2.54. The lowest BCUT2D eigenvalue weighted by atomic mass is 10.1. The normalized spacial score (nSPS) is 12.1. The molecule has 0 aromatic heterocycles. The number of amides is 2. The van der Waals surface area contributed by atoms with Crippen LogP contribution in [0.2, 0.25) is 0 Å². The fraction of sp³-hybridized carbons (Fsp3) is 0.550. The molecule has 1 aromatic carbocycles. The first kappa shape index (κ1) is 23.4. The standard InChI is InChI=1S/C20H29FN2O5/c1-6-16(22-19(26)28-20(3,4)5)18(25)23(13-17(24)27-7-2)12-14-8-10-15(21)11-9-14/h8-11,16H,6-7,12-13H2,1-5H3,(H,22,26)/t16-/m1/s1. The molecule has 1 N–H and O–H groups in total. The summed E-state index contributed by atoms with van der Waals surface area (Å²) in [6.07, 6.45) is -0.411. The quantitative estimate of drug-likeness (QED) is 0.683. The van der Waals surface area contributed by atoms with Gasteiger partial charge in [0, 0.05) is 6.54 Å². The van der Waals surface area contributed by atoms with Gasteiger partial charge in [-0.25, -0.2) is 9.18 Å². The molecule has 0 aliphatic rings. The van der Waals surface area contributed by atoms with Crippen LogP contribution in [0.5, 0.6) is 0 Å². The summed E-state index contributed by atoms with van der Waals surface area (Å²) in [6.45, 7) is 8.54. The zero-order valence-corrected chi connectivity index (χ0v) is 17.1. The highest BCUT2D eigenvalue weighted by atomic mass is 19.1. The Morgan fingerprint density at radius 1 is 1.14 bits per heavy atom. The Morgan fingerprint density at radius 2 is 1.75 bits per heavy atom. The Bertz CT molecular complexity index is 670. The monoisotopic (exact) mass is 396 g/mol. The van der Waals surface area contributed by atoms with Gasteiger partial charge in [0.15, 0.2) is 0 Å². The molecule has 156 valence electrons. The fourth-order valence-corrected chi connectivity index (χ4v) is 2.39. The minimum Gasteiger partial charge on any atom is -0.465 e. The zero-order valence-electron chi connectivity index (χ0n) is 17.1. The van der Waals surface area contributed by atoms with Crippen LogP contribution in [0.15, 0.2) is 24.3 Å². The summed E-state index contributed by atoms with van der Waals surface area (Å²) in [5.41, 5.74) is -0.0596. The lowest BCUT2D eigenvalue weighted by Gasteiger charge is -2.28.